The number of hydrogen-bond donors (Lipinski definition) is 4. The van der Waals surface area contributed by atoms with E-state index in [2.05, 4.69) is 15.6 Å². The van der Waals surface area contributed by atoms with Crippen LogP contribution in [0.25, 0.3) is 11.1 Å². The van der Waals surface area contributed by atoms with Gasteiger partial charge < -0.3 is 30.8 Å². The topological polar surface area (TPSA) is 158 Å². The molecule has 1 amide bonds. The van der Waals surface area contributed by atoms with Gasteiger partial charge in [0.2, 0.25) is 5.82 Å². The molecule has 0 aliphatic carbocycles. The summed E-state index contributed by atoms with van der Waals surface area (Å²) in [5.41, 5.74) is 7.53. The Bertz CT molecular complexity index is 1140. The number of aliphatic hydroxyl groups is 1. The molecule has 2 heterocycles. The highest BCUT2D eigenvalue weighted by Gasteiger charge is 2.17. The lowest BCUT2D eigenvalue weighted by molar-refractivity contribution is -0.384. The number of ether oxygens (including phenoxy) is 1. The maximum atomic E-state index is 12.8. The Balaban J connectivity index is 1.69. The van der Waals surface area contributed by atoms with Crippen LogP contribution in [0.4, 0.5) is 17.3 Å². The molecule has 0 aliphatic heterocycles. The van der Waals surface area contributed by atoms with Gasteiger partial charge in [-0.05, 0) is 37.1 Å². The number of nitrogen functional groups attached to an aromatic ring is 1. The Hall–Kier alpha value is -4.12. The highest BCUT2D eigenvalue weighted by atomic mass is 16.6. The fourth-order valence-corrected chi connectivity index (χ4v) is 3.35. The van der Waals surface area contributed by atoms with Crippen LogP contribution in [0.1, 0.15) is 23.7 Å². The van der Waals surface area contributed by atoms with Gasteiger partial charge in [0, 0.05) is 43.7 Å². The molecule has 0 aliphatic rings. The molecule has 2 aromatic heterocycles. The minimum absolute atomic E-state index is 0.141. The molecular weight excluding hydrogens is 440 g/mol. The standard InChI is InChI=1S/C23H28N6O5/c1-15(30)12-26-23(31)19-14-28(13-18(19)16-4-6-17(34-2)7-5-16)11-3-10-25-21-9-8-20(29(32)33)22(24)27-21/h4-9,13-15,30H,3,10-12H2,1-2H3,(H,26,31)(H3,24,25,27)/t15-/m1/s1. The number of anilines is 2. The Morgan fingerprint density at radius 3 is 2.62 bits per heavy atom. The minimum atomic E-state index is -0.649. The molecule has 1 aromatic carbocycles. The van der Waals surface area contributed by atoms with Crippen LogP contribution < -0.4 is 21.1 Å². The first-order valence-electron chi connectivity index (χ1n) is 10.7. The zero-order valence-electron chi connectivity index (χ0n) is 19.0. The van der Waals surface area contributed by atoms with E-state index in [4.69, 9.17) is 10.5 Å². The minimum Gasteiger partial charge on any atom is -0.497 e. The Kier molecular flexibility index (Phi) is 8.04. The van der Waals surface area contributed by atoms with Crippen molar-refractivity contribution in [3.8, 4) is 16.9 Å². The van der Waals surface area contributed by atoms with Gasteiger partial charge in [-0.2, -0.15) is 0 Å². The molecule has 3 rings (SSSR count). The Morgan fingerprint density at radius 2 is 2.00 bits per heavy atom. The van der Waals surface area contributed by atoms with Gasteiger partial charge in [-0.25, -0.2) is 4.98 Å². The van der Waals surface area contributed by atoms with E-state index in [1.807, 2.05) is 35.0 Å². The van der Waals surface area contributed by atoms with Crippen LogP contribution in [0.3, 0.4) is 0 Å². The van der Waals surface area contributed by atoms with Crippen molar-refractivity contribution in [1.82, 2.24) is 14.9 Å². The van der Waals surface area contributed by atoms with Gasteiger partial charge in [0.1, 0.15) is 11.6 Å². The molecule has 180 valence electrons. The highest BCUT2D eigenvalue weighted by Crippen LogP contribution is 2.27. The maximum Gasteiger partial charge on any atom is 0.311 e. The first-order chi connectivity index (χ1) is 16.3. The van der Waals surface area contributed by atoms with E-state index in [0.29, 0.717) is 30.9 Å². The van der Waals surface area contributed by atoms with E-state index in [0.717, 1.165) is 16.9 Å². The summed E-state index contributed by atoms with van der Waals surface area (Å²) in [6.07, 6.45) is 3.73. The van der Waals surface area contributed by atoms with Gasteiger partial charge in [0.15, 0.2) is 0 Å². The first-order valence-corrected chi connectivity index (χ1v) is 10.7. The average Bonchev–Trinajstić information content (AvgIpc) is 3.24. The van der Waals surface area contributed by atoms with Crippen LogP contribution in [-0.4, -0.2) is 51.8 Å². The van der Waals surface area contributed by atoms with E-state index in [9.17, 15) is 20.0 Å². The maximum absolute atomic E-state index is 12.8. The molecule has 0 radical (unpaired) electrons. The van der Waals surface area contributed by atoms with Crippen molar-refractivity contribution in [1.29, 1.82) is 0 Å². The second kappa shape index (κ2) is 11.1. The number of aliphatic hydroxyl groups excluding tert-OH is 1. The van der Waals surface area contributed by atoms with Crippen molar-refractivity contribution < 1.29 is 19.6 Å². The Morgan fingerprint density at radius 1 is 1.26 bits per heavy atom. The molecule has 0 fully saturated rings. The molecule has 3 aromatic rings. The number of nitrogens with one attached hydrogen (secondary N) is 2. The number of aromatic nitrogens is 2. The molecule has 0 saturated carbocycles. The van der Waals surface area contributed by atoms with Gasteiger partial charge in [-0.15, -0.1) is 0 Å². The van der Waals surface area contributed by atoms with Crippen LogP contribution in [0.2, 0.25) is 0 Å². The summed E-state index contributed by atoms with van der Waals surface area (Å²) in [5.74, 6) is 0.758. The van der Waals surface area contributed by atoms with Crippen molar-refractivity contribution in [3.05, 3.63) is 64.5 Å². The number of aryl methyl sites for hydroxylation is 1. The summed E-state index contributed by atoms with van der Waals surface area (Å²) in [5, 5.41) is 26.2. The van der Waals surface area contributed by atoms with Gasteiger partial charge in [-0.1, -0.05) is 12.1 Å². The number of nitrogens with two attached hydrogens (primary N) is 1. The molecule has 5 N–H and O–H groups in total. The Labute approximate surface area is 196 Å². The number of rotatable bonds is 11. The predicted octanol–water partition coefficient (Wildman–Crippen LogP) is 2.66. The number of amides is 1. The molecule has 0 saturated heterocycles. The van der Waals surface area contributed by atoms with E-state index in [-0.39, 0.29) is 24.0 Å². The molecule has 0 spiro atoms. The van der Waals surface area contributed by atoms with E-state index < -0.39 is 11.0 Å². The summed E-state index contributed by atoms with van der Waals surface area (Å²) < 4.78 is 7.14. The van der Waals surface area contributed by atoms with Gasteiger partial charge >= 0.3 is 5.69 Å². The summed E-state index contributed by atoms with van der Waals surface area (Å²) in [7, 11) is 1.59. The van der Waals surface area contributed by atoms with Crippen LogP contribution >= 0.6 is 0 Å². The molecule has 11 nitrogen and oxygen atoms in total. The molecule has 0 bridgehead atoms. The summed E-state index contributed by atoms with van der Waals surface area (Å²) in [6, 6.07) is 10.3. The number of hydrogen-bond acceptors (Lipinski definition) is 8. The number of pyridine rings is 1. The lowest BCUT2D eigenvalue weighted by Gasteiger charge is -2.08. The average molecular weight is 469 g/mol. The normalized spacial score (nSPS) is 11.6. The fourth-order valence-electron chi connectivity index (χ4n) is 3.35. The van der Waals surface area contributed by atoms with Crippen molar-refractivity contribution in [2.75, 3.05) is 31.2 Å². The van der Waals surface area contributed by atoms with E-state index in [1.54, 1.807) is 20.2 Å². The molecule has 11 heteroatoms. The van der Waals surface area contributed by atoms with Crippen molar-refractivity contribution in [3.63, 3.8) is 0 Å². The van der Waals surface area contributed by atoms with Crippen molar-refractivity contribution >= 4 is 23.2 Å². The van der Waals surface area contributed by atoms with Gasteiger partial charge in [0.25, 0.3) is 5.91 Å². The summed E-state index contributed by atoms with van der Waals surface area (Å²) >= 11 is 0. The number of carbonyl (C=O) groups excluding carboxylic acids is 1. The van der Waals surface area contributed by atoms with Gasteiger partial charge in [-0.3, -0.25) is 14.9 Å². The molecular formula is C23H28N6O5. The second-order valence-corrected chi connectivity index (χ2v) is 7.75. The third-order valence-corrected chi connectivity index (χ3v) is 5.08. The van der Waals surface area contributed by atoms with E-state index in [1.165, 1.54) is 12.1 Å². The van der Waals surface area contributed by atoms with E-state index >= 15 is 0 Å². The number of methoxy groups -OCH3 is 1. The smallest absolute Gasteiger partial charge is 0.311 e. The third-order valence-electron chi connectivity index (χ3n) is 5.08. The fraction of sp³-hybridized carbons (Fsp3) is 0.304. The summed E-state index contributed by atoms with van der Waals surface area (Å²) in [6.45, 7) is 2.92. The third kappa shape index (κ3) is 6.23. The number of benzene rings is 1. The lowest BCUT2D eigenvalue weighted by atomic mass is 10.0. The monoisotopic (exact) mass is 468 g/mol. The number of carbonyl (C=O) groups is 1. The van der Waals surface area contributed by atoms with Crippen molar-refractivity contribution in [2.45, 2.75) is 26.0 Å². The van der Waals surface area contributed by atoms with Crippen molar-refractivity contribution in [2.24, 2.45) is 0 Å². The zero-order valence-corrected chi connectivity index (χ0v) is 19.0. The quantitative estimate of drug-likeness (QED) is 0.190. The van der Waals surface area contributed by atoms with Crippen LogP contribution in [0, 0.1) is 10.1 Å². The largest absolute Gasteiger partial charge is 0.497 e. The SMILES string of the molecule is COc1ccc(-c2cn(CCCNc3ccc([N+](=O)[O-])c(N)n3)cc2C(=O)NC[C@@H](C)O)cc1. The molecule has 1 atom stereocenters. The van der Waals surface area contributed by atoms with Gasteiger partial charge in [0.05, 0.1) is 23.7 Å². The second-order valence-electron chi connectivity index (χ2n) is 7.75. The molecule has 0 unspecified atom stereocenters. The predicted molar refractivity (Wildman–Crippen MR) is 129 cm³/mol. The summed E-state index contributed by atoms with van der Waals surface area (Å²) in [4.78, 5) is 27.0. The number of nitrogens with zero attached hydrogens (tertiary/aromatic N) is 3. The molecule has 34 heavy (non-hydrogen) atoms. The number of nitro groups is 1. The van der Waals surface area contributed by atoms with Crippen LogP contribution in [-0.2, 0) is 6.54 Å². The first kappa shape index (κ1) is 24.5. The zero-order chi connectivity index (χ0) is 24.7. The van der Waals surface area contributed by atoms with Crippen LogP contribution in [0.5, 0.6) is 5.75 Å². The van der Waals surface area contributed by atoms with Crippen LogP contribution in [0.15, 0.2) is 48.8 Å². The highest BCUT2D eigenvalue weighted by molar-refractivity contribution is 6.00. The lowest BCUT2D eigenvalue weighted by Crippen LogP contribution is -2.30.